The van der Waals surface area contributed by atoms with E-state index in [1.807, 2.05) is 0 Å². The molecule has 0 aliphatic heterocycles. The van der Waals surface area contributed by atoms with Crippen LogP contribution in [0.25, 0.3) is 12.2 Å². The first kappa shape index (κ1) is 15.3. The number of phenols is 2. The van der Waals surface area contributed by atoms with E-state index in [9.17, 15) is 10.2 Å². The van der Waals surface area contributed by atoms with E-state index in [0.717, 1.165) is 0 Å². The van der Waals surface area contributed by atoms with Crippen molar-refractivity contribution in [1.82, 2.24) is 0 Å². The second-order valence-electron chi connectivity index (χ2n) is 3.98. The lowest BCUT2D eigenvalue weighted by Crippen LogP contribution is -1.81. The molecule has 0 saturated carbocycles. The molecule has 0 atom stereocenters. The van der Waals surface area contributed by atoms with Crippen LogP contribution >= 0.6 is 46.4 Å². The van der Waals surface area contributed by atoms with Gasteiger partial charge in [0.1, 0.15) is 11.5 Å². The first-order valence-electron chi connectivity index (χ1n) is 5.42. The summed E-state index contributed by atoms with van der Waals surface area (Å²) in [5, 5.41) is 19.9. The predicted molar refractivity (Wildman–Crippen MR) is 85.2 cm³/mol. The second-order valence-corrected chi connectivity index (χ2v) is 5.61. The van der Waals surface area contributed by atoms with Gasteiger partial charge in [0.25, 0.3) is 0 Å². The Hall–Kier alpha value is -1.06. The molecule has 0 saturated heterocycles. The largest absolute Gasteiger partial charge is 0.508 e. The Morgan fingerprint density at radius 1 is 0.600 bits per heavy atom. The highest BCUT2D eigenvalue weighted by molar-refractivity contribution is 6.39. The molecule has 20 heavy (non-hydrogen) atoms. The number of rotatable bonds is 2. The third kappa shape index (κ3) is 3.33. The van der Waals surface area contributed by atoms with Crippen molar-refractivity contribution < 1.29 is 10.2 Å². The SMILES string of the molecule is Oc1cc(Cl)c(/C=C/c2c(Cl)cc(O)cc2Cl)c(Cl)c1. The Labute approximate surface area is 135 Å². The zero-order valence-corrected chi connectivity index (χ0v) is 12.9. The van der Waals surface area contributed by atoms with Gasteiger partial charge in [-0.25, -0.2) is 0 Å². The van der Waals surface area contributed by atoms with Crippen LogP contribution in [0.1, 0.15) is 11.1 Å². The maximum Gasteiger partial charge on any atom is 0.118 e. The van der Waals surface area contributed by atoms with Gasteiger partial charge >= 0.3 is 0 Å². The Morgan fingerprint density at radius 3 is 1.10 bits per heavy atom. The van der Waals surface area contributed by atoms with Crippen LogP contribution in [0, 0.1) is 0 Å². The van der Waals surface area contributed by atoms with Crippen molar-refractivity contribution in [2.24, 2.45) is 0 Å². The molecular weight excluding hydrogens is 342 g/mol. The fraction of sp³-hybridized carbons (Fsp3) is 0. The van der Waals surface area contributed by atoms with E-state index in [2.05, 4.69) is 0 Å². The fourth-order valence-electron chi connectivity index (χ4n) is 1.63. The molecule has 0 heterocycles. The summed E-state index contributed by atoms with van der Waals surface area (Å²) in [7, 11) is 0. The van der Waals surface area contributed by atoms with Crippen LogP contribution in [0.5, 0.6) is 11.5 Å². The Balaban J connectivity index is 2.45. The normalized spacial score (nSPS) is 11.2. The lowest BCUT2D eigenvalue weighted by molar-refractivity contribution is 0.475. The molecule has 2 aromatic carbocycles. The van der Waals surface area contributed by atoms with E-state index < -0.39 is 0 Å². The molecule has 2 aromatic rings. The van der Waals surface area contributed by atoms with Gasteiger partial charge in [-0.2, -0.15) is 0 Å². The van der Waals surface area contributed by atoms with Gasteiger partial charge in [-0.05, 0) is 24.3 Å². The molecule has 0 bridgehead atoms. The lowest BCUT2D eigenvalue weighted by Gasteiger charge is -2.05. The molecule has 0 aliphatic carbocycles. The number of halogens is 4. The second kappa shape index (κ2) is 6.15. The zero-order valence-electron chi connectivity index (χ0n) is 9.87. The summed E-state index contributed by atoms with van der Waals surface area (Å²) in [6.45, 7) is 0. The highest BCUT2D eigenvalue weighted by atomic mass is 35.5. The van der Waals surface area contributed by atoms with E-state index in [0.29, 0.717) is 31.2 Å². The molecule has 2 nitrogen and oxygen atoms in total. The number of hydrogen-bond donors (Lipinski definition) is 2. The standard InChI is InChI=1S/C14H8Cl4O2/c15-11-3-7(19)4-12(16)9(11)1-2-10-13(17)5-8(20)6-14(10)18/h1-6,19-20H/b2-1+. The average Bonchev–Trinajstić information content (AvgIpc) is 2.30. The van der Waals surface area contributed by atoms with Gasteiger partial charge < -0.3 is 10.2 Å². The van der Waals surface area contributed by atoms with Crippen molar-refractivity contribution in [3.8, 4) is 11.5 Å². The smallest absolute Gasteiger partial charge is 0.118 e. The fourth-order valence-corrected chi connectivity index (χ4v) is 2.83. The molecule has 6 heteroatoms. The van der Waals surface area contributed by atoms with Gasteiger partial charge in [0.15, 0.2) is 0 Å². The lowest BCUT2D eigenvalue weighted by atomic mass is 10.1. The van der Waals surface area contributed by atoms with Gasteiger partial charge in [0, 0.05) is 11.1 Å². The summed E-state index contributed by atoms with van der Waals surface area (Å²) in [5.41, 5.74) is 1.07. The minimum atomic E-state index is -0.0159. The van der Waals surface area contributed by atoms with E-state index in [-0.39, 0.29) is 11.5 Å². The van der Waals surface area contributed by atoms with E-state index >= 15 is 0 Å². The number of benzene rings is 2. The van der Waals surface area contributed by atoms with Crippen LogP contribution in [0.3, 0.4) is 0 Å². The van der Waals surface area contributed by atoms with Gasteiger partial charge in [-0.15, -0.1) is 0 Å². The van der Waals surface area contributed by atoms with Gasteiger partial charge in [-0.1, -0.05) is 58.6 Å². The molecule has 0 amide bonds. The summed E-state index contributed by atoms with van der Waals surface area (Å²) in [6.07, 6.45) is 3.27. The summed E-state index contributed by atoms with van der Waals surface area (Å²) >= 11 is 24.0. The van der Waals surface area contributed by atoms with Crippen LogP contribution in [0.15, 0.2) is 24.3 Å². The Kier molecular flexibility index (Phi) is 4.71. The van der Waals surface area contributed by atoms with Crippen molar-refractivity contribution in [3.05, 3.63) is 55.5 Å². The Morgan fingerprint density at radius 2 is 0.850 bits per heavy atom. The van der Waals surface area contributed by atoms with Gasteiger partial charge in [-0.3, -0.25) is 0 Å². The molecule has 0 aromatic heterocycles. The summed E-state index contributed by atoms with van der Waals surface area (Å²) in [6, 6.07) is 5.53. The number of hydrogen-bond acceptors (Lipinski definition) is 2. The maximum absolute atomic E-state index is 9.36. The van der Waals surface area contributed by atoms with Crippen LogP contribution < -0.4 is 0 Å². The third-order valence-electron chi connectivity index (χ3n) is 2.54. The predicted octanol–water partition coefficient (Wildman–Crippen LogP) is 5.88. The first-order chi connectivity index (χ1) is 9.38. The van der Waals surface area contributed by atoms with Crippen molar-refractivity contribution in [1.29, 1.82) is 0 Å². The molecule has 104 valence electrons. The minimum Gasteiger partial charge on any atom is -0.508 e. The topological polar surface area (TPSA) is 40.5 Å². The molecular formula is C14H8Cl4O2. The first-order valence-corrected chi connectivity index (χ1v) is 6.94. The highest BCUT2D eigenvalue weighted by Crippen LogP contribution is 2.34. The summed E-state index contributed by atoms with van der Waals surface area (Å²) in [4.78, 5) is 0. The molecule has 0 fully saturated rings. The maximum atomic E-state index is 9.36. The zero-order chi connectivity index (χ0) is 14.9. The third-order valence-corrected chi connectivity index (χ3v) is 3.80. The van der Waals surface area contributed by atoms with Crippen molar-refractivity contribution >= 4 is 58.6 Å². The van der Waals surface area contributed by atoms with Crippen LogP contribution in [-0.4, -0.2) is 10.2 Å². The quantitative estimate of drug-likeness (QED) is 0.664. The van der Waals surface area contributed by atoms with Gasteiger partial charge in [0.2, 0.25) is 0 Å². The van der Waals surface area contributed by atoms with Crippen molar-refractivity contribution in [2.75, 3.05) is 0 Å². The number of phenolic OH excluding ortho intramolecular Hbond substituents is 2. The number of aromatic hydroxyl groups is 2. The molecule has 2 N–H and O–H groups in total. The molecule has 2 rings (SSSR count). The Bertz CT molecular complexity index is 590. The van der Waals surface area contributed by atoms with Gasteiger partial charge in [0.05, 0.1) is 20.1 Å². The highest BCUT2D eigenvalue weighted by Gasteiger charge is 2.08. The molecule has 0 unspecified atom stereocenters. The van der Waals surface area contributed by atoms with Crippen LogP contribution in [0.4, 0.5) is 0 Å². The monoisotopic (exact) mass is 348 g/mol. The van der Waals surface area contributed by atoms with Crippen LogP contribution in [-0.2, 0) is 0 Å². The van der Waals surface area contributed by atoms with E-state index in [4.69, 9.17) is 46.4 Å². The van der Waals surface area contributed by atoms with Crippen molar-refractivity contribution in [2.45, 2.75) is 0 Å². The van der Waals surface area contributed by atoms with E-state index in [1.165, 1.54) is 24.3 Å². The minimum absolute atomic E-state index is 0.0159. The van der Waals surface area contributed by atoms with Crippen molar-refractivity contribution in [3.63, 3.8) is 0 Å². The van der Waals surface area contributed by atoms with E-state index in [1.54, 1.807) is 12.2 Å². The molecule has 0 radical (unpaired) electrons. The van der Waals surface area contributed by atoms with Crippen LogP contribution in [0.2, 0.25) is 20.1 Å². The summed E-state index contributed by atoms with van der Waals surface area (Å²) in [5.74, 6) is -0.0318. The summed E-state index contributed by atoms with van der Waals surface area (Å²) < 4.78 is 0. The molecule has 0 spiro atoms. The molecule has 0 aliphatic rings. The average molecular weight is 350 g/mol.